The van der Waals surface area contributed by atoms with Gasteiger partial charge in [-0.05, 0) is 47.7 Å². The molecule has 0 radical (unpaired) electrons. The summed E-state index contributed by atoms with van der Waals surface area (Å²) in [5, 5.41) is 1.37. The molecule has 4 rings (SSSR count). The van der Waals surface area contributed by atoms with Crippen molar-refractivity contribution in [3.63, 3.8) is 0 Å². The summed E-state index contributed by atoms with van der Waals surface area (Å²) in [6.07, 6.45) is 1.54. The van der Waals surface area contributed by atoms with Crippen molar-refractivity contribution in [1.82, 2.24) is 4.90 Å². The van der Waals surface area contributed by atoms with Gasteiger partial charge in [0.1, 0.15) is 6.54 Å². The van der Waals surface area contributed by atoms with Crippen molar-refractivity contribution in [3.05, 3.63) is 64.3 Å². The summed E-state index contributed by atoms with van der Waals surface area (Å²) in [5.74, 6) is -6.32. The number of anilines is 2. The molecule has 2 aliphatic heterocycles. The highest BCUT2D eigenvalue weighted by Crippen LogP contribution is 2.32. The van der Waals surface area contributed by atoms with Gasteiger partial charge in [-0.25, -0.2) is 13.2 Å². The van der Waals surface area contributed by atoms with Gasteiger partial charge in [-0.1, -0.05) is 12.1 Å². The van der Waals surface area contributed by atoms with Gasteiger partial charge in [0, 0.05) is 18.8 Å². The van der Waals surface area contributed by atoms with Crippen molar-refractivity contribution in [2.75, 3.05) is 43.1 Å². The second-order valence-electron chi connectivity index (χ2n) is 7.23. The summed E-state index contributed by atoms with van der Waals surface area (Å²) >= 11 is 0.673. The second kappa shape index (κ2) is 9.67. The van der Waals surface area contributed by atoms with Crippen LogP contribution in [0.25, 0.3) is 6.08 Å². The van der Waals surface area contributed by atoms with E-state index in [4.69, 9.17) is 4.74 Å². The molecule has 0 saturated carbocycles. The first-order chi connectivity index (χ1) is 15.8. The van der Waals surface area contributed by atoms with Gasteiger partial charge in [-0.15, -0.1) is 0 Å². The van der Waals surface area contributed by atoms with E-state index in [0.29, 0.717) is 41.5 Å². The molecule has 33 heavy (non-hydrogen) atoms. The van der Waals surface area contributed by atoms with Crippen LogP contribution in [0.2, 0.25) is 0 Å². The maximum absolute atomic E-state index is 13.7. The summed E-state index contributed by atoms with van der Waals surface area (Å²) in [7, 11) is 0. The SMILES string of the molecule is O=C(CN1C(=O)SC(=Cc2ccc(N3CCOCC3)cc2)C1=O)Nc1ccc(F)c(F)c1F. The molecule has 172 valence electrons. The molecule has 2 aromatic carbocycles. The number of halogens is 3. The number of benzene rings is 2. The first-order valence-electron chi connectivity index (χ1n) is 9.95. The Morgan fingerprint density at radius 3 is 2.42 bits per heavy atom. The van der Waals surface area contributed by atoms with Crippen LogP contribution in [0.1, 0.15) is 5.56 Å². The number of nitrogens with zero attached hydrogens (tertiary/aromatic N) is 2. The summed E-state index contributed by atoms with van der Waals surface area (Å²) in [4.78, 5) is 40.0. The van der Waals surface area contributed by atoms with E-state index in [9.17, 15) is 27.6 Å². The molecule has 11 heteroatoms. The second-order valence-corrected chi connectivity index (χ2v) is 8.22. The number of rotatable bonds is 5. The van der Waals surface area contributed by atoms with Crippen LogP contribution in [-0.2, 0) is 14.3 Å². The molecule has 2 heterocycles. The van der Waals surface area contributed by atoms with E-state index in [1.807, 2.05) is 29.6 Å². The van der Waals surface area contributed by atoms with Crippen LogP contribution >= 0.6 is 11.8 Å². The molecule has 1 N–H and O–H groups in total. The fourth-order valence-corrected chi connectivity index (χ4v) is 4.18. The number of thioether (sulfide) groups is 1. The number of nitrogens with one attached hydrogen (secondary N) is 1. The number of carbonyl (C=O) groups is 3. The van der Waals surface area contributed by atoms with Gasteiger partial charge in [0.05, 0.1) is 23.8 Å². The van der Waals surface area contributed by atoms with Crippen LogP contribution in [0, 0.1) is 17.5 Å². The van der Waals surface area contributed by atoms with E-state index >= 15 is 0 Å². The molecule has 0 unspecified atom stereocenters. The van der Waals surface area contributed by atoms with Crippen LogP contribution in [-0.4, -0.2) is 54.8 Å². The van der Waals surface area contributed by atoms with E-state index in [2.05, 4.69) is 4.90 Å². The number of morpholine rings is 1. The van der Waals surface area contributed by atoms with E-state index < -0.39 is 46.7 Å². The Kier molecular flexibility index (Phi) is 6.70. The average Bonchev–Trinajstić information content (AvgIpc) is 3.08. The quantitative estimate of drug-likeness (QED) is 0.524. The molecule has 0 atom stereocenters. The molecule has 0 aromatic heterocycles. The van der Waals surface area contributed by atoms with Gasteiger partial charge in [-0.3, -0.25) is 19.3 Å². The van der Waals surface area contributed by atoms with E-state index in [1.54, 1.807) is 6.08 Å². The van der Waals surface area contributed by atoms with Crippen molar-refractivity contribution >= 4 is 46.3 Å². The number of ether oxygens (including phenoxy) is 1. The first kappa shape index (κ1) is 22.9. The molecule has 0 spiro atoms. The molecule has 2 saturated heterocycles. The van der Waals surface area contributed by atoms with Crippen LogP contribution in [0.15, 0.2) is 41.3 Å². The van der Waals surface area contributed by atoms with Crippen LogP contribution < -0.4 is 10.2 Å². The van der Waals surface area contributed by atoms with E-state index in [1.165, 1.54) is 0 Å². The number of imide groups is 1. The Balaban J connectivity index is 1.41. The molecule has 3 amide bonds. The van der Waals surface area contributed by atoms with Crippen molar-refractivity contribution < 1.29 is 32.3 Å². The topological polar surface area (TPSA) is 79.0 Å². The lowest BCUT2D eigenvalue weighted by Gasteiger charge is -2.28. The Morgan fingerprint density at radius 2 is 1.73 bits per heavy atom. The molecule has 7 nitrogen and oxygen atoms in total. The van der Waals surface area contributed by atoms with Crippen molar-refractivity contribution in [2.24, 2.45) is 0 Å². The Labute approximate surface area is 191 Å². The predicted molar refractivity (Wildman–Crippen MR) is 117 cm³/mol. The van der Waals surface area contributed by atoms with Gasteiger partial charge in [0.25, 0.3) is 11.1 Å². The Morgan fingerprint density at radius 1 is 1.03 bits per heavy atom. The molecular weight excluding hydrogens is 459 g/mol. The zero-order valence-corrected chi connectivity index (χ0v) is 18.0. The fourth-order valence-electron chi connectivity index (χ4n) is 3.35. The smallest absolute Gasteiger partial charge is 0.294 e. The molecule has 2 aliphatic rings. The van der Waals surface area contributed by atoms with Gasteiger partial charge in [-0.2, -0.15) is 0 Å². The first-order valence-corrected chi connectivity index (χ1v) is 10.8. The maximum Gasteiger partial charge on any atom is 0.294 e. The van der Waals surface area contributed by atoms with Crippen LogP contribution in [0.3, 0.4) is 0 Å². The van der Waals surface area contributed by atoms with E-state index in [-0.39, 0.29) is 4.91 Å². The minimum absolute atomic E-state index is 0.130. The lowest BCUT2D eigenvalue weighted by molar-refractivity contribution is -0.127. The minimum Gasteiger partial charge on any atom is -0.378 e. The maximum atomic E-state index is 13.7. The largest absolute Gasteiger partial charge is 0.378 e. The number of hydrogen-bond donors (Lipinski definition) is 1. The third-order valence-corrected chi connectivity index (χ3v) is 5.96. The highest BCUT2D eigenvalue weighted by atomic mass is 32.2. The summed E-state index contributed by atoms with van der Waals surface area (Å²) in [5.41, 5.74) is 1.12. The van der Waals surface area contributed by atoms with Crippen molar-refractivity contribution in [2.45, 2.75) is 0 Å². The van der Waals surface area contributed by atoms with Crippen LogP contribution in [0.5, 0.6) is 0 Å². The molecule has 2 fully saturated rings. The zero-order valence-electron chi connectivity index (χ0n) is 17.1. The highest BCUT2D eigenvalue weighted by Gasteiger charge is 2.36. The van der Waals surface area contributed by atoms with Gasteiger partial charge in [0.2, 0.25) is 5.91 Å². The van der Waals surface area contributed by atoms with E-state index in [0.717, 1.165) is 24.8 Å². The van der Waals surface area contributed by atoms with Gasteiger partial charge < -0.3 is 15.0 Å². The summed E-state index contributed by atoms with van der Waals surface area (Å²) in [6.45, 7) is 2.19. The summed E-state index contributed by atoms with van der Waals surface area (Å²) in [6, 6.07) is 8.95. The lowest BCUT2D eigenvalue weighted by atomic mass is 10.1. The predicted octanol–water partition coefficient (Wildman–Crippen LogP) is 3.62. The molecular formula is C22H18F3N3O4S. The monoisotopic (exact) mass is 477 g/mol. The third kappa shape index (κ3) is 5.04. The lowest BCUT2D eigenvalue weighted by Crippen LogP contribution is -2.36. The summed E-state index contributed by atoms with van der Waals surface area (Å²) < 4.78 is 45.4. The van der Waals surface area contributed by atoms with Crippen LogP contribution in [0.4, 0.5) is 29.3 Å². The number of carbonyl (C=O) groups excluding carboxylic acids is 3. The number of hydrogen-bond acceptors (Lipinski definition) is 6. The normalized spacial score (nSPS) is 17.7. The third-order valence-electron chi connectivity index (χ3n) is 5.05. The van der Waals surface area contributed by atoms with Gasteiger partial charge in [0.15, 0.2) is 17.5 Å². The number of amides is 3. The minimum atomic E-state index is -1.73. The molecule has 0 bridgehead atoms. The van der Waals surface area contributed by atoms with Crippen molar-refractivity contribution in [3.8, 4) is 0 Å². The Hall–Kier alpha value is -3.31. The standard InChI is InChI=1S/C22H18F3N3O4S/c23-15-5-6-16(20(25)19(15)24)26-18(29)12-28-21(30)17(33-22(28)31)11-13-1-3-14(4-2-13)27-7-9-32-10-8-27/h1-6,11H,7-10,12H2,(H,26,29). The van der Waals surface area contributed by atoms with Gasteiger partial charge >= 0.3 is 0 Å². The molecule has 0 aliphatic carbocycles. The fraction of sp³-hybridized carbons (Fsp3) is 0.227. The molecule has 2 aromatic rings. The zero-order chi connectivity index (χ0) is 23.5. The highest BCUT2D eigenvalue weighted by molar-refractivity contribution is 8.18. The van der Waals surface area contributed by atoms with Crippen molar-refractivity contribution in [1.29, 1.82) is 0 Å². The average molecular weight is 477 g/mol. The Bertz CT molecular complexity index is 1130.